The summed E-state index contributed by atoms with van der Waals surface area (Å²) in [6.07, 6.45) is 1.60. The molecule has 0 aromatic heterocycles. The Hall–Kier alpha value is -2.83. The van der Waals surface area contributed by atoms with E-state index >= 15 is 0 Å². The van der Waals surface area contributed by atoms with Crippen LogP contribution in [0.1, 0.15) is 50.5 Å². The van der Waals surface area contributed by atoms with Crippen LogP contribution in [0.5, 0.6) is 5.75 Å². The molecule has 180 valence electrons. The van der Waals surface area contributed by atoms with Crippen molar-refractivity contribution in [1.82, 2.24) is 10.2 Å². The van der Waals surface area contributed by atoms with Gasteiger partial charge in [0.25, 0.3) is 5.92 Å². The first-order valence-electron chi connectivity index (χ1n) is 11.0. The van der Waals surface area contributed by atoms with Gasteiger partial charge in [-0.2, -0.15) is 14.0 Å². The minimum atomic E-state index is -3.50. The molecule has 1 atom stereocenters. The lowest BCUT2D eigenvalue weighted by Gasteiger charge is -2.33. The van der Waals surface area contributed by atoms with Gasteiger partial charge in [0.1, 0.15) is 5.75 Å². The third-order valence-electron chi connectivity index (χ3n) is 6.38. The molecule has 33 heavy (non-hydrogen) atoms. The summed E-state index contributed by atoms with van der Waals surface area (Å²) < 4.78 is 59.4. The Morgan fingerprint density at radius 2 is 1.85 bits per heavy atom. The van der Waals surface area contributed by atoms with E-state index in [1.54, 1.807) is 6.07 Å². The van der Waals surface area contributed by atoms with Gasteiger partial charge >= 0.3 is 12.6 Å². The Bertz CT molecular complexity index is 889. The number of benzene rings is 1. The lowest BCUT2D eigenvalue weighted by Crippen LogP contribution is -2.52. The van der Waals surface area contributed by atoms with Crippen LogP contribution in [0.2, 0.25) is 0 Å². The van der Waals surface area contributed by atoms with E-state index in [0.29, 0.717) is 18.5 Å². The number of para-hydroxylation sites is 1. The van der Waals surface area contributed by atoms with Crippen LogP contribution in [0, 0.1) is 16.7 Å². The highest BCUT2D eigenvalue weighted by atomic mass is 19.3. The molecule has 0 unspecified atom stereocenters. The van der Waals surface area contributed by atoms with Crippen molar-refractivity contribution in [1.29, 1.82) is 5.26 Å². The molecule has 1 spiro atoms. The monoisotopic (exact) mass is 469 g/mol. The van der Waals surface area contributed by atoms with Crippen molar-refractivity contribution in [3.8, 4) is 11.8 Å². The van der Waals surface area contributed by atoms with Gasteiger partial charge < -0.3 is 15.0 Å². The number of alkyl halides is 4. The molecule has 10 heteroatoms. The largest absolute Gasteiger partial charge is 0.435 e. The number of piperidine rings is 1. The van der Waals surface area contributed by atoms with Gasteiger partial charge in [0.15, 0.2) is 5.78 Å². The first kappa shape index (κ1) is 24.8. The SMILES string of the molecule is N#CCCC(=O)[C@H](CC(F)(F)Cc1ccccc1OC(F)F)NC(=O)N1CCC2(CC1)CC2. The quantitative estimate of drug-likeness (QED) is 0.505. The molecule has 0 bridgehead atoms. The Kier molecular flexibility index (Phi) is 7.82. The average Bonchev–Trinajstić information content (AvgIpc) is 3.51. The molecule has 2 aliphatic rings. The molecule has 1 aliphatic carbocycles. The number of hydrogen-bond acceptors (Lipinski definition) is 4. The molecule has 1 saturated carbocycles. The van der Waals surface area contributed by atoms with E-state index < -0.39 is 43.2 Å². The van der Waals surface area contributed by atoms with Gasteiger partial charge in [-0.1, -0.05) is 18.2 Å². The van der Waals surface area contributed by atoms with Gasteiger partial charge in [0.2, 0.25) is 0 Å². The summed E-state index contributed by atoms with van der Waals surface area (Å²) in [5.74, 6) is -4.54. The maximum atomic E-state index is 14.9. The molecule has 2 fully saturated rings. The Morgan fingerprint density at radius 1 is 1.18 bits per heavy atom. The summed E-state index contributed by atoms with van der Waals surface area (Å²) in [4.78, 5) is 26.7. The standard InChI is InChI=1S/C23H27F4N3O3/c24-20(25)33-19-6-2-1-4-16(19)14-23(26,27)15-17(18(31)5-3-11-28)29-21(32)30-12-9-22(7-8-22)10-13-30/h1-2,4,6,17,20H,3,5,7-10,12-15H2,(H,29,32)/t17-/m0/s1. The van der Waals surface area contributed by atoms with Crippen LogP contribution in [0.25, 0.3) is 0 Å². The Labute approximate surface area is 189 Å². The van der Waals surface area contributed by atoms with E-state index in [4.69, 9.17) is 5.26 Å². The van der Waals surface area contributed by atoms with Crippen LogP contribution >= 0.6 is 0 Å². The van der Waals surface area contributed by atoms with Crippen molar-refractivity contribution in [3.63, 3.8) is 0 Å². The van der Waals surface area contributed by atoms with Crippen molar-refractivity contribution < 1.29 is 31.9 Å². The van der Waals surface area contributed by atoms with Crippen LogP contribution in [-0.4, -0.2) is 48.4 Å². The molecule has 0 radical (unpaired) electrons. The third-order valence-corrected chi connectivity index (χ3v) is 6.38. The fourth-order valence-corrected chi connectivity index (χ4v) is 4.21. The zero-order valence-corrected chi connectivity index (χ0v) is 18.2. The lowest BCUT2D eigenvalue weighted by atomic mass is 9.94. The van der Waals surface area contributed by atoms with Crippen LogP contribution in [-0.2, 0) is 11.2 Å². The molecular formula is C23H27F4N3O3. The Balaban J connectivity index is 1.67. The molecule has 6 nitrogen and oxygen atoms in total. The van der Waals surface area contributed by atoms with E-state index in [-0.39, 0.29) is 24.2 Å². The molecule has 1 N–H and O–H groups in total. The molecule has 1 saturated heterocycles. The molecule has 3 rings (SSSR count). The van der Waals surface area contributed by atoms with Crippen molar-refractivity contribution in [3.05, 3.63) is 29.8 Å². The maximum Gasteiger partial charge on any atom is 0.387 e. The molecule has 2 amide bonds. The fraction of sp³-hybridized carbons (Fsp3) is 0.609. The Morgan fingerprint density at radius 3 is 2.45 bits per heavy atom. The number of amides is 2. The third kappa shape index (κ3) is 7.07. The number of urea groups is 1. The van der Waals surface area contributed by atoms with E-state index in [2.05, 4.69) is 10.1 Å². The molecule has 1 aromatic carbocycles. The summed E-state index contributed by atoms with van der Waals surface area (Å²) in [6.45, 7) is -2.17. The first-order chi connectivity index (χ1) is 15.6. The van der Waals surface area contributed by atoms with Gasteiger partial charge in [-0.05, 0) is 37.2 Å². The van der Waals surface area contributed by atoms with Crippen LogP contribution < -0.4 is 10.1 Å². The average molecular weight is 469 g/mol. The number of rotatable bonds is 10. The second-order valence-electron chi connectivity index (χ2n) is 8.84. The summed E-state index contributed by atoms with van der Waals surface area (Å²) >= 11 is 0. The van der Waals surface area contributed by atoms with E-state index in [1.165, 1.54) is 23.1 Å². The number of nitrogens with zero attached hydrogens (tertiary/aromatic N) is 2. The minimum absolute atomic E-state index is 0.136. The highest BCUT2D eigenvalue weighted by Gasteiger charge is 2.45. The summed E-state index contributed by atoms with van der Waals surface area (Å²) in [7, 11) is 0. The number of ether oxygens (including phenoxy) is 1. The zero-order valence-electron chi connectivity index (χ0n) is 18.2. The summed E-state index contributed by atoms with van der Waals surface area (Å²) in [6, 6.07) is 4.93. The van der Waals surface area contributed by atoms with Gasteiger partial charge in [0, 0.05) is 44.3 Å². The number of ketones is 1. The van der Waals surface area contributed by atoms with Gasteiger partial charge in [-0.25, -0.2) is 13.6 Å². The number of hydrogen-bond donors (Lipinski definition) is 1. The van der Waals surface area contributed by atoms with Crippen molar-refractivity contribution in [2.75, 3.05) is 13.1 Å². The van der Waals surface area contributed by atoms with E-state index in [9.17, 15) is 27.2 Å². The molecule has 1 heterocycles. The number of halogens is 4. The van der Waals surface area contributed by atoms with Gasteiger partial charge in [-0.15, -0.1) is 0 Å². The van der Waals surface area contributed by atoms with Gasteiger partial charge in [-0.3, -0.25) is 4.79 Å². The summed E-state index contributed by atoms with van der Waals surface area (Å²) in [5, 5.41) is 11.2. The normalized spacial score (nSPS) is 18.0. The maximum absolute atomic E-state index is 14.9. The van der Waals surface area contributed by atoms with E-state index in [0.717, 1.165) is 31.7 Å². The van der Waals surface area contributed by atoms with Crippen LogP contribution in [0.15, 0.2) is 24.3 Å². The topological polar surface area (TPSA) is 82.4 Å². The predicted octanol–water partition coefficient (Wildman–Crippen LogP) is 4.68. The molecule has 1 aromatic rings. The highest BCUT2D eigenvalue weighted by Crippen LogP contribution is 2.53. The number of likely N-dealkylation sites (tertiary alicyclic amines) is 1. The first-order valence-corrected chi connectivity index (χ1v) is 11.0. The molecule has 1 aliphatic heterocycles. The minimum Gasteiger partial charge on any atom is -0.435 e. The van der Waals surface area contributed by atoms with Crippen LogP contribution in [0.3, 0.4) is 0 Å². The number of nitriles is 1. The second kappa shape index (κ2) is 10.4. The fourth-order valence-electron chi connectivity index (χ4n) is 4.21. The lowest BCUT2D eigenvalue weighted by molar-refractivity contribution is -0.123. The highest BCUT2D eigenvalue weighted by molar-refractivity contribution is 5.88. The van der Waals surface area contributed by atoms with Gasteiger partial charge in [0.05, 0.1) is 12.1 Å². The van der Waals surface area contributed by atoms with Crippen molar-refractivity contribution in [2.45, 2.75) is 69.9 Å². The van der Waals surface area contributed by atoms with E-state index in [1.807, 2.05) is 0 Å². The van der Waals surface area contributed by atoms with Crippen molar-refractivity contribution in [2.24, 2.45) is 5.41 Å². The number of carbonyl (C=O) groups excluding carboxylic acids is 2. The predicted molar refractivity (Wildman–Crippen MR) is 111 cm³/mol. The summed E-state index contributed by atoms with van der Waals surface area (Å²) in [5.41, 5.74) is 0.183. The second-order valence-corrected chi connectivity index (χ2v) is 8.84. The number of nitrogens with one attached hydrogen (secondary N) is 1. The van der Waals surface area contributed by atoms with Crippen LogP contribution in [0.4, 0.5) is 22.4 Å². The van der Waals surface area contributed by atoms with Crippen molar-refractivity contribution >= 4 is 11.8 Å². The molecular weight excluding hydrogens is 442 g/mol. The number of Topliss-reactive ketones (excluding diaryl/α,β-unsaturated/α-hetero) is 1. The smallest absolute Gasteiger partial charge is 0.387 e. The zero-order chi connectivity index (χ0) is 24.1. The number of carbonyl (C=O) groups is 2.